The zero-order valence-electron chi connectivity index (χ0n) is 19.9. The Morgan fingerprint density at radius 2 is 1.82 bits per heavy atom. The fourth-order valence-electron chi connectivity index (χ4n) is 6.44. The second kappa shape index (κ2) is 7.73. The molecule has 4 aliphatic rings. The van der Waals surface area contributed by atoms with Gasteiger partial charge in [-0.15, -0.1) is 0 Å². The number of carbonyl (C=O) groups excluding carboxylic acids is 4. The number of amides is 1. The molecule has 34 heavy (non-hydrogen) atoms. The molecular formula is C27H29NO6. The fourth-order valence-corrected chi connectivity index (χ4v) is 6.44. The number of hydrogen-bond donors (Lipinski definition) is 0. The molecule has 1 aromatic rings. The molecule has 0 aromatic heterocycles. The number of esters is 1. The van der Waals surface area contributed by atoms with Gasteiger partial charge in [-0.25, -0.2) is 4.79 Å². The van der Waals surface area contributed by atoms with Crippen LogP contribution >= 0.6 is 0 Å². The molecule has 1 amide bonds. The lowest BCUT2D eigenvalue weighted by atomic mass is 9.53. The number of ether oxygens (including phenoxy) is 2. The van der Waals surface area contributed by atoms with Crippen molar-refractivity contribution >= 4 is 29.1 Å². The number of nitrogens with zero attached hydrogens (tertiary/aromatic N) is 1. The highest BCUT2D eigenvalue weighted by Crippen LogP contribution is 2.58. The fraction of sp³-hybridized carbons (Fsp3) is 0.481. The van der Waals surface area contributed by atoms with Gasteiger partial charge >= 0.3 is 5.97 Å². The summed E-state index contributed by atoms with van der Waals surface area (Å²) in [5, 5.41) is 0. The van der Waals surface area contributed by atoms with Crippen LogP contribution < -0.4 is 4.90 Å². The molecule has 0 bridgehead atoms. The van der Waals surface area contributed by atoms with E-state index >= 15 is 0 Å². The maximum absolute atomic E-state index is 13.9. The van der Waals surface area contributed by atoms with E-state index in [0.717, 1.165) is 30.4 Å². The molecule has 1 heterocycles. The highest BCUT2D eigenvalue weighted by Gasteiger charge is 2.65. The predicted molar refractivity (Wildman–Crippen MR) is 124 cm³/mol. The van der Waals surface area contributed by atoms with E-state index in [1.165, 1.54) is 4.90 Å². The molecule has 7 nitrogen and oxygen atoms in total. The van der Waals surface area contributed by atoms with Gasteiger partial charge in [0.2, 0.25) is 5.78 Å². The molecule has 0 N–H and O–H groups in total. The topological polar surface area (TPSA) is 90.0 Å². The molecule has 178 valence electrons. The van der Waals surface area contributed by atoms with Crippen molar-refractivity contribution in [3.8, 4) is 0 Å². The molecular weight excluding hydrogens is 434 g/mol. The van der Waals surface area contributed by atoms with Crippen LogP contribution in [0.15, 0.2) is 47.6 Å². The Hall–Kier alpha value is -3.06. The van der Waals surface area contributed by atoms with Gasteiger partial charge < -0.3 is 14.4 Å². The van der Waals surface area contributed by atoms with E-state index in [1.807, 2.05) is 26.0 Å². The first-order valence-corrected chi connectivity index (χ1v) is 11.9. The lowest BCUT2D eigenvalue weighted by molar-refractivity contribution is -0.142. The minimum absolute atomic E-state index is 0.129. The summed E-state index contributed by atoms with van der Waals surface area (Å²) in [5.41, 5.74) is 1.44. The van der Waals surface area contributed by atoms with Gasteiger partial charge in [-0.2, -0.15) is 0 Å². The summed E-state index contributed by atoms with van der Waals surface area (Å²) >= 11 is 0. The average molecular weight is 464 g/mol. The molecule has 0 radical (unpaired) electrons. The standard InChI is InChI=1S/C27H29NO6/c1-5-34-25(32)15-9-11-16(12-10-15)28-21-17-7-6-8-18-20(17)26(2,13-14-27(18,3)33-4)23(30)19(21)22(29)24(28)31/h9-14,17,19,21H,5-8H2,1-4H3. The number of hydrogen-bond acceptors (Lipinski definition) is 6. The van der Waals surface area contributed by atoms with Gasteiger partial charge in [-0.3, -0.25) is 14.4 Å². The van der Waals surface area contributed by atoms with E-state index in [1.54, 1.807) is 38.3 Å². The second-order valence-electron chi connectivity index (χ2n) is 9.88. The van der Waals surface area contributed by atoms with E-state index in [-0.39, 0.29) is 18.3 Å². The number of fused-ring (bicyclic) bond motifs is 2. The highest BCUT2D eigenvalue weighted by atomic mass is 16.5. The van der Waals surface area contributed by atoms with Crippen molar-refractivity contribution in [1.29, 1.82) is 0 Å². The zero-order valence-corrected chi connectivity index (χ0v) is 19.9. The Kier molecular flexibility index (Phi) is 5.17. The molecule has 5 rings (SSSR count). The van der Waals surface area contributed by atoms with Gasteiger partial charge in [0.05, 0.1) is 23.6 Å². The van der Waals surface area contributed by atoms with Gasteiger partial charge in [-0.1, -0.05) is 12.2 Å². The summed E-state index contributed by atoms with van der Waals surface area (Å²) in [6.45, 7) is 5.87. The van der Waals surface area contributed by atoms with Crippen LogP contribution in [-0.2, 0) is 23.9 Å². The van der Waals surface area contributed by atoms with Crippen molar-refractivity contribution in [2.24, 2.45) is 17.3 Å². The number of ketones is 2. The van der Waals surface area contributed by atoms with E-state index in [2.05, 4.69) is 0 Å². The van der Waals surface area contributed by atoms with Gasteiger partial charge in [0.25, 0.3) is 5.91 Å². The molecule has 1 saturated heterocycles. The summed E-state index contributed by atoms with van der Waals surface area (Å²) < 4.78 is 10.9. The quantitative estimate of drug-likeness (QED) is 0.294. The van der Waals surface area contributed by atoms with Crippen LogP contribution in [-0.4, -0.2) is 48.8 Å². The van der Waals surface area contributed by atoms with Crippen molar-refractivity contribution in [2.45, 2.75) is 51.7 Å². The van der Waals surface area contributed by atoms with E-state index in [9.17, 15) is 19.2 Å². The summed E-state index contributed by atoms with van der Waals surface area (Å²) in [7, 11) is 1.66. The molecule has 7 heteroatoms. The van der Waals surface area contributed by atoms with Crippen molar-refractivity contribution in [2.75, 3.05) is 18.6 Å². The first-order valence-electron chi connectivity index (χ1n) is 11.9. The number of allylic oxidation sites excluding steroid dienone is 1. The lowest BCUT2D eigenvalue weighted by Crippen LogP contribution is -2.57. The van der Waals surface area contributed by atoms with Crippen LogP contribution in [0.5, 0.6) is 0 Å². The lowest BCUT2D eigenvalue weighted by Gasteiger charge is -2.53. The number of rotatable bonds is 4. The minimum Gasteiger partial charge on any atom is -0.462 e. The van der Waals surface area contributed by atoms with Crippen LogP contribution in [0, 0.1) is 17.3 Å². The summed E-state index contributed by atoms with van der Waals surface area (Å²) in [6.07, 6.45) is 6.30. The largest absolute Gasteiger partial charge is 0.462 e. The summed E-state index contributed by atoms with van der Waals surface area (Å²) in [5.74, 6) is -3.12. The van der Waals surface area contributed by atoms with Crippen molar-refractivity contribution in [3.63, 3.8) is 0 Å². The third kappa shape index (κ3) is 2.92. The molecule has 1 saturated carbocycles. The number of Topliss-reactive ketones (excluding diaryl/α,β-unsaturated/α-hetero) is 2. The zero-order chi connectivity index (χ0) is 24.4. The van der Waals surface area contributed by atoms with Gasteiger partial charge in [0.1, 0.15) is 11.5 Å². The maximum Gasteiger partial charge on any atom is 0.338 e. The maximum atomic E-state index is 13.9. The molecule has 5 unspecified atom stereocenters. The second-order valence-corrected chi connectivity index (χ2v) is 9.88. The van der Waals surface area contributed by atoms with Gasteiger partial charge in [0.15, 0.2) is 5.78 Å². The molecule has 3 aliphatic carbocycles. The van der Waals surface area contributed by atoms with Crippen LogP contribution in [0.2, 0.25) is 0 Å². The molecule has 5 atom stereocenters. The SMILES string of the molecule is CCOC(=O)c1ccc(N2C(=O)C(=O)C3C(=O)C4(C)C=CC(C)(OC)C5=C4C(CCC5)C32)cc1. The van der Waals surface area contributed by atoms with Crippen LogP contribution in [0.3, 0.4) is 0 Å². The number of anilines is 1. The Morgan fingerprint density at radius 3 is 2.47 bits per heavy atom. The van der Waals surface area contributed by atoms with E-state index < -0.39 is 40.6 Å². The molecule has 1 aliphatic heterocycles. The monoisotopic (exact) mass is 463 g/mol. The van der Waals surface area contributed by atoms with Crippen LogP contribution in [0.25, 0.3) is 0 Å². The first kappa shape index (κ1) is 22.7. The van der Waals surface area contributed by atoms with Crippen molar-refractivity contribution in [3.05, 3.63) is 53.1 Å². The van der Waals surface area contributed by atoms with E-state index in [0.29, 0.717) is 11.3 Å². The average Bonchev–Trinajstić information content (AvgIpc) is 3.11. The van der Waals surface area contributed by atoms with Gasteiger partial charge in [0, 0.05) is 18.7 Å². The number of benzene rings is 1. The highest BCUT2D eigenvalue weighted by molar-refractivity contribution is 6.48. The van der Waals surface area contributed by atoms with Crippen LogP contribution in [0.4, 0.5) is 5.69 Å². The Labute approximate surface area is 198 Å². The Morgan fingerprint density at radius 1 is 1.12 bits per heavy atom. The molecule has 1 aromatic carbocycles. The van der Waals surface area contributed by atoms with Crippen LogP contribution in [0.1, 0.15) is 50.4 Å². The predicted octanol–water partition coefficient (Wildman–Crippen LogP) is 3.42. The number of carbonyl (C=O) groups is 4. The number of methoxy groups -OCH3 is 1. The van der Waals surface area contributed by atoms with Crippen molar-refractivity contribution < 1.29 is 28.7 Å². The summed E-state index contributed by atoms with van der Waals surface area (Å²) in [6, 6.07) is 5.90. The smallest absolute Gasteiger partial charge is 0.338 e. The first-order chi connectivity index (χ1) is 16.2. The van der Waals surface area contributed by atoms with E-state index in [4.69, 9.17) is 9.47 Å². The Balaban J connectivity index is 1.62. The third-order valence-electron chi connectivity index (χ3n) is 8.17. The van der Waals surface area contributed by atoms with Gasteiger partial charge in [-0.05, 0) is 75.4 Å². The van der Waals surface area contributed by atoms with Crippen molar-refractivity contribution in [1.82, 2.24) is 0 Å². The Bertz CT molecular complexity index is 1160. The third-order valence-corrected chi connectivity index (χ3v) is 8.17. The molecule has 2 fully saturated rings. The summed E-state index contributed by atoms with van der Waals surface area (Å²) in [4.78, 5) is 53.9. The molecule has 0 spiro atoms. The normalized spacial score (nSPS) is 34.3. The minimum atomic E-state index is -1.01.